The molecule has 2 fully saturated rings. The van der Waals surface area contributed by atoms with Crippen molar-refractivity contribution in [2.75, 3.05) is 0 Å². The van der Waals surface area contributed by atoms with Crippen LogP contribution in [0.2, 0.25) is 0 Å². The number of carbonyl (C=O) groups is 1. The molecule has 3 heterocycles. The van der Waals surface area contributed by atoms with Gasteiger partial charge in [-0.3, -0.25) is 14.9 Å². The molecule has 4 rings (SSSR count). The fourth-order valence-corrected chi connectivity index (χ4v) is 3.47. The van der Waals surface area contributed by atoms with Gasteiger partial charge >= 0.3 is 5.91 Å². The monoisotopic (exact) mass is 328 g/mol. The Morgan fingerprint density at radius 3 is 2.75 bits per heavy atom. The molecule has 2 bridgehead atoms. The van der Waals surface area contributed by atoms with Crippen molar-refractivity contribution in [3.05, 3.63) is 46.5 Å². The molecular formula is C16H16N4O4. The van der Waals surface area contributed by atoms with Gasteiger partial charge in [0.1, 0.15) is 0 Å². The number of aromatic nitrogens is 1. The highest BCUT2D eigenvalue weighted by molar-refractivity contribution is 5.90. The van der Waals surface area contributed by atoms with Crippen LogP contribution in [0.5, 0.6) is 0 Å². The number of carbonyl (C=O) groups excluding carboxylic acids is 1. The number of hydrogen-bond donors (Lipinski definition) is 2. The van der Waals surface area contributed by atoms with Crippen LogP contribution in [-0.2, 0) is 0 Å². The van der Waals surface area contributed by atoms with Crippen LogP contribution in [-0.4, -0.2) is 33.9 Å². The summed E-state index contributed by atoms with van der Waals surface area (Å²) in [7, 11) is 0. The Morgan fingerprint density at radius 1 is 1.33 bits per heavy atom. The number of fused-ring (bicyclic) bond motifs is 2. The first-order valence-corrected chi connectivity index (χ1v) is 7.88. The number of oxazole rings is 1. The van der Waals surface area contributed by atoms with Gasteiger partial charge in [0.15, 0.2) is 5.76 Å². The number of nitro benzene ring substituents is 1. The molecule has 8 heteroatoms. The van der Waals surface area contributed by atoms with Gasteiger partial charge in [-0.05, 0) is 31.4 Å². The second-order valence-electron chi connectivity index (χ2n) is 6.20. The van der Waals surface area contributed by atoms with Gasteiger partial charge in [-0.2, -0.15) is 0 Å². The molecule has 2 aliphatic rings. The van der Waals surface area contributed by atoms with Crippen LogP contribution in [0.1, 0.15) is 29.9 Å². The number of amides is 1. The zero-order chi connectivity index (χ0) is 16.7. The lowest BCUT2D eigenvalue weighted by Crippen LogP contribution is -2.43. The Kier molecular flexibility index (Phi) is 3.53. The van der Waals surface area contributed by atoms with Crippen LogP contribution in [0.25, 0.3) is 11.3 Å². The van der Waals surface area contributed by atoms with E-state index in [-0.39, 0.29) is 23.5 Å². The highest BCUT2D eigenvalue weighted by Gasteiger charge is 2.40. The van der Waals surface area contributed by atoms with Gasteiger partial charge in [0.25, 0.3) is 11.6 Å². The third-order valence-electron chi connectivity index (χ3n) is 4.68. The summed E-state index contributed by atoms with van der Waals surface area (Å²) >= 11 is 0. The van der Waals surface area contributed by atoms with Gasteiger partial charge in [-0.15, -0.1) is 0 Å². The lowest BCUT2D eigenvalue weighted by molar-refractivity contribution is -0.384. The van der Waals surface area contributed by atoms with Crippen LogP contribution in [0.15, 0.2) is 34.9 Å². The van der Waals surface area contributed by atoms with Gasteiger partial charge in [-0.1, -0.05) is 0 Å². The maximum atomic E-state index is 12.3. The minimum atomic E-state index is -0.466. The fourth-order valence-electron chi connectivity index (χ4n) is 3.47. The zero-order valence-electron chi connectivity index (χ0n) is 12.8. The third kappa shape index (κ3) is 2.65. The summed E-state index contributed by atoms with van der Waals surface area (Å²) in [5, 5.41) is 17.1. The van der Waals surface area contributed by atoms with Crippen molar-refractivity contribution in [2.24, 2.45) is 0 Å². The molecule has 1 aromatic carbocycles. The molecule has 124 valence electrons. The topological polar surface area (TPSA) is 110 Å². The molecule has 2 aromatic rings. The number of rotatable bonds is 4. The van der Waals surface area contributed by atoms with Crippen LogP contribution in [0.4, 0.5) is 5.69 Å². The first kappa shape index (κ1) is 14.8. The van der Waals surface area contributed by atoms with E-state index in [0.29, 0.717) is 23.4 Å². The van der Waals surface area contributed by atoms with Crippen LogP contribution in [0, 0.1) is 10.1 Å². The van der Waals surface area contributed by atoms with Crippen LogP contribution >= 0.6 is 0 Å². The summed E-state index contributed by atoms with van der Waals surface area (Å²) in [6.07, 6.45) is 4.64. The maximum absolute atomic E-state index is 12.3. The standard InChI is InChI=1S/C16H16N4O4/c21-15(19-13-7-10-3-6-12(13)18-10)16-17-8-14(24-16)9-1-4-11(5-2-9)20(22)23/h1-2,4-5,8,10,12-13,18H,3,6-7H2,(H,19,21). The van der Waals surface area contributed by atoms with E-state index in [0.717, 1.165) is 12.8 Å². The van der Waals surface area contributed by atoms with Crippen LogP contribution in [0.3, 0.4) is 0 Å². The van der Waals surface area contributed by atoms with E-state index < -0.39 is 4.92 Å². The molecule has 2 aliphatic heterocycles. The molecular weight excluding hydrogens is 312 g/mol. The molecule has 0 aliphatic carbocycles. The quantitative estimate of drug-likeness (QED) is 0.655. The highest BCUT2D eigenvalue weighted by Crippen LogP contribution is 2.28. The van der Waals surface area contributed by atoms with Crippen molar-refractivity contribution in [3.8, 4) is 11.3 Å². The predicted octanol–water partition coefficient (Wildman–Crippen LogP) is 1.87. The molecule has 0 saturated carbocycles. The second kappa shape index (κ2) is 5.72. The Hall–Kier alpha value is -2.74. The average Bonchev–Trinajstić information content (AvgIpc) is 3.31. The van der Waals surface area contributed by atoms with Gasteiger partial charge in [-0.25, -0.2) is 4.98 Å². The largest absolute Gasteiger partial charge is 0.432 e. The van der Waals surface area contributed by atoms with E-state index in [1.165, 1.54) is 24.8 Å². The number of hydrogen-bond acceptors (Lipinski definition) is 6. The van der Waals surface area contributed by atoms with Gasteiger partial charge < -0.3 is 15.1 Å². The number of benzene rings is 1. The minimum absolute atomic E-state index is 0.0000166. The minimum Gasteiger partial charge on any atom is -0.432 e. The van der Waals surface area contributed by atoms with E-state index in [9.17, 15) is 14.9 Å². The Bertz CT molecular complexity index is 786. The van der Waals surface area contributed by atoms with E-state index in [2.05, 4.69) is 15.6 Å². The summed E-state index contributed by atoms with van der Waals surface area (Å²) < 4.78 is 5.51. The van der Waals surface area contributed by atoms with E-state index >= 15 is 0 Å². The van der Waals surface area contributed by atoms with Crippen molar-refractivity contribution >= 4 is 11.6 Å². The lowest BCUT2D eigenvalue weighted by atomic mass is 9.95. The van der Waals surface area contributed by atoms with E-state index in [1.807, 2.05) is 0 Å². The fraction of sp³-hybridized carbons (Fsp3) is 0.375. The first-order chi connectivity index (χ1) is 11.6. The molecule has 24 heavy (non-hydrogen) atoms. The molecule has 0 spiro atoms. The van der Waals surface area contributed by atoms with Gasteiger partial charge in [0, 0.05) is 35.8 Å². The van der Waals surface area contributed by atoms with Crippen molar-refractivity contribution in [1.82, 2.24) is 15.6 Å². The molecule has 2 N–H and O–H groups in total. The number of nitro groups is 1. The lowest BCUT2D eigenvalue weighted by Gasteiger charge is -2.20. The Labute approximate surface area is 137 Å². The molecule has 2 saturated heterocycles. The summed E-state index contributed by atoms with van der Waals surface area (Å²) in [5.74, 6) is 0.0785. The molecule has 3 atom stereocenters. The number of nitrogens with zero attached hydrogens (tertiary/aromatic N) is 2. The summed E-state index contributed by atoms with van der Waals surface area (Å²) in [6.45, 7) is 0. The smallest absolute Gasteiger partial charge is 0.307 e. The summed E-state index contributed by atoms with van der Waals surface area (Å²) in [5.41, 5.74) is 0.633. The normalized spacial score (nSPS) is 24.9. The Morgan fingerprint density at radius 2 is 2.12 bits per heavy atom. The van der Waals surface area contributed by atoms with Crippen molar-refractivity contribution in [1.29, 1.82) is 0 Å². The molecule has 3 unspecified atom stereocenters. The van der Waals surface area contributed by atoms with Gasteiger partial charge in [0.05, 0.1) is 11.1 Å². The van der Waals surface area contributed by atoms with Crippen molar-refractivity contribution in [2.45, 2.75) is 37.4 Å². The van der Waals surface area contributed by atoms with Crippen molar-refractivity contribution < 1.29 is 14.1 Å². The predicted molar refractivity (Wildman–Crippen MR) is 84.4 cm³/mol. The molecule has 1 aromatic heterocycles. The zero-order valence-corrected chi connectivity index (χ0v) is 12.8. The molecule has 0 radical (unpaired) electrons. The van der Waals surface area contributed by atoms with Crippen LogP contribution < -0.4 is 10.6 Å². The summed E-state index contributed by atoms with van der Waals surface area (Å²) in [6, 6.07) is 6.87. The number of non-ortho nitro benzene ring substituents is 1. The second-order valence-corrected chi connectivity index (χ2v) is 6.20. The van der Waals surface area contributed by atoms with Gasteiger partial charge in [0.2, 0.25) is 0 Å². The SMILES string of the molecule is O=C(NC1CC2CCC1N2)c1ncc(-c2ccc([N+](=O)[O-])cc2)o1. The maximum Gasteiger partial charge on any atom is 0.307 e. The number of nitrogens with one attached hydrogen (secondary N) is 2. The highest BCUT2D eigenvalue weighted by atomic mass is 16.6. The first-order valence-electron chi connectivity index (χ1n) is 7.88. The van der Waals surface area contributed by atoms with Crippen molar-refractivity contribution in [3.63, 3.8) is 0 Å². The van der Waals surface area contributed by atoms with E-state index in [4.69, 9.17) is 4.42 Å². The average molecular weight is 328 g/mol. The third-order valence-corrected chi connectivity index (χ3v) is 4.68. The molecule has 8 nitrogen and oxygen atoms in total. The summed E-state index contributed by atoms with van der Waals surface area (Å²) in [4.78, 5) is 26.5. The Balaban J connectivity index is 1.46. The molecule has 1 amide bonds. The van der Waals surface area contributed by atoms with E-state index in [1.54, 1.807) is 12.1 Å².